The van der Waals surface area contributed by atoms with Gasteiger partial charge in [0.15, 0.2) is 0 Å². The van der Waals surface area contributed by atoms with Crippen molar-refractivity contribution in [2.75, 3.05) is 0 Å². The first-order valence-corrected chi connectivity index (χ1v) is 4.63. The van der Waals surface area contributed by atoms with Gasteiger partial charge in [-0.3, -0.25) is 4.79 Å². The van der Waals surface area contributed by atoms with Crippen LogP contribution >= 0.6 is 0 Å². The summed E-state index contributed by atoms with van der Waals surface area (Å²) in [6.45, 7) is -2.84. The molecule has 0 fully saturated rings. The van der Waals surface area contributed by atoms with Gasteiger partial charge in [-0.15, -0.1) is 0 Å². The van der Waals surface area contributed by atoms with Crippen LogP contribution < -0.4 is 4.74 Å². The highest BCUT2D eigenvalue weighted by Gasteiger charge is 2.04. The molecule has 2 aromatic carbocycles. The van der Waals surface area contributed by atoms with Crippen molar-refractivity contribution in [2.45, 2.75) is 6.61 Å². The maximum Gasteiger partial charge on any atom is 0.387 e. The molecule has 0 bridgehead atoms. The fourth-order valence-corrected chi connectivity index (χ4v) is 1.49. The fraction of sp³-hybridized carbons (Fsp3) is 0.0833. The number of rotatable bonds is 3. The van der Waals surface area contributed by atoms with Gasteiger partial charge in [0.1, 0.15) is 12.0 Å². The zero-order valence-electron chi connectivity index (χ0n) is 8.19. The largest absolute Gasteiger partial charge is 0.435 e. The maximum absolute atomic E-state index is 12.0. The molecular formula is C12H8F2O2. The van der Waals surface area contributed by atoms with Gasteiger partial charge in [0.25, 0.3) is 0 Å². The first kappa shape index (κ1) is 10.5. The van der Waals surface area contributed by atoms with Crippen molar-refractivity contribution in [3.05, 3.63) is 42.0 Å². The molecule has 2 nitrogen and oxygen atoms in total. The molecule has 0 saturated carbocycles. The highest BCUT2D eigenvalue weighted by molar-refractivity contribution is 5.89. The third-order valence-corrected chi connectivity index (χ3v) is 2.20. The van der Waals surface area contributed by atoms with E-state index >= 15 is 0 Å². The zero-order chi connectivity index (χ0) is 11.5. The minimum absolute atomic E-state index is 0.0885. The van der Waals surface area contributed by atoms with E-state index in [0.717, 1.165) is 5.39 Å². The predicted molar refractivity (Wildman–Crippen MR) is 56.0 cm³/mol. The van der Waals surface area contributed by atoms with E-state index < -0.39 is 6.61 Å². The number of ether oxygens (including phenoxy) is 1. The summed E-state index contributed by atoms with van der Waals surface area (Å²) in [4.78, 5) is 10.6. The van der Waals surface area contributed by atoms with Crippen LogP contribution in [-0.2, 0) is 0 Å². The quantitative estimate of drug-likeness (QED) is 0.745. The number of aldehydes is 1. The SMILES string of the molecule is O=Cc1ccc2ccc(OC(F)F)cc2c1. The molecule has 0 aromatic heterocycles. The number of carbonyl (C=O) groups excluding carboxylic acids is 1. The molecule has 0 aliphatic carbocycles. The number of halogens is 2. The van der Waals surface area contributed by atoms with Crippen LogP contribution in [0.15, 0.2) is 36.4 Å². The molecule has 0 heterocycles. The van der Waals surface area contributed by atoms with Crippen LogP contribution in [0, 0.1) is 0 Å². The van der Waals surface area contributed by atoms with E-state index in [9.17, 15) is 13.6 Å². The van der Waals surface area contributed by atoms with Crippen LogP contribution in [0.25, 0.3) is 10.8 Å². The van der Waals surface area contributed by atoms with Gasteiger partial charge >= 0.3 is 6.61 Å². The Hall–Kier alpha value is -1.97. The summed E-state index contributed by atoms with van der Waals surface area (Å²) in [6, 6.07) is 9.67. The highest BCUT2D eigenvalue weighted by atomic mass is 19.3. The van der Waals surface area contributed by atoms with Crippen molar-refractivity contribution in [1.29, 1.82) is 0 Å². The van der Waals surface area contributed by atoms with Crippen molar-refractivity contribution in [1.82, 2.24) is 0 Å². The Morgan fingerprint density at radius 3 is 2.50 bits per heavy atom. The maximum atomic E-state index is 12.0. The zero-order valence-corrected chi connectivity index (χ0v) is 8.19. The van der Waals surface area contributed by atoms with Gasteiger partial charge < -0.3 is 4.74 Å². The minimum Gasteiger partial charge on any atom is -0.435 e. The molecule has 0 saturated heterocycles. The standard InChI is InChI=1S/C12H8F2O2/c13-12(14)16-11-4-3-9-2-1-8(7-15)5-10(9)6-11/h1-7,12H. The molecule has 16 heavy (non-hydrogen) atoms. The van der Waals surface area contributed by atoms with E-state index in [0.29, 0.717) is 17.2 Å². The third kappa shape index (κ3) is 2.16. The van der Waals surface area contributed by atoms with Crippen LogP contribution in [0.4, 0.5) is 8.78 Å². The van der Waals surface area contributed by atoms with Crippen LogP contribution in [0.3, 0.4) is 0 Å². The smallest absolute Gasteiger partial charge is 0.387 e. The Labute approximate surface area is 90.4 Å². The summed E-state index contributed by atoms with van der Waals surface area (Å²) >= 11 is 0. The Morgan fingerprint density at radius 2 is 1.81 bits per heavy atom. The van der Waals surface area contributed by atoms with Gasteiger partial charge in [-0.2, -0.15) is 8.78 Å². The van der Waals surface area contributed by atoms with E-state index in [1.54, 1.807) is 24.3 Å². The second kappa shape index (κ2) is 4.26. The van der Waals surface area contributed by atoms with Crippen LogP contribution in [0.1, 0.15) is 10.4 Å². The van der Waals surface area contributed by atoms with Gasteiger partial charge in [-0.25, -0.2) is 0 Å². The Bertz CT molecular complexity index is 523. The van der Waals surface area contributed by atoms with Gasteiger partial charge in [-0.1, -0.05) is 18.2 Å². The van der Waals surface area contributed by atoms with E-state index in [2.05, 4.69) is 4.74 Å². The molecule has 0 spiro atoms. The highest BCUT2D eigenvalue weighted by Crippen LogP contribution is 2.22. The molecule has 4 heteroatoms. The van der Waals surface area contributed by atoms with Gasteiger partial charge in [0.2, 0.25) is 0 Å². The molecule has 0 unspecified atom stereocenters. The molecule has 0 amide bonds. The molecular weight excluding hydrogens is 214 g/mol. The van der Waals surface area contributed by atoms with Crippen LogP contribution in [-0.4, -0.2) is 12.9 Å². The topological polar surface area (TPSA) is 26.3 Å². The lowest BCUT2D eigenvalue weighted by Crippen LogP contribution is -2.01. The van der Waals surface area contributed by atoms with Crippen molar-refractivity contribution in [3.8, 4) is 5.75 Å². The first-order valence-electron chi connectivity index (χ1n) is 4.63. The summed E-state index contributed by atoms with van der Waals surface area (Å²) in [5.74, 6) is 0.0885. The van der Waals surface area contributed by atoms with Crippen molar-refractivity contribution in [3.63, 3.8) is 0 Å². The number of benzene rings is 2. The summed E-state index contributed by atoms with van der Waals surface area (Å²) in [5, 5.41) is 1.56. The van der Waals surface area contributed by atoms with Gasteiger partial charge in [0, 0.05) is 5.56 Å². The Balaban J connectivity index is 2.46. The van der Waals surface area contributed by atoms with Crippen LogP contribution in [0.2, 0.25) is 0 Å². The number of alkyl halides is 2. The van der Waals surface area contributed by atoms with Gasteiger partial charge in [0.05, 0.1) is 0 Å². The average molecular weight is 222 g/mol. The Kier molecular flexibility index (Phi) is 2.81. The monoisotopic (exact) mass is 222 g/mol. The molecule has 82 valence electrons. The number of fused-ring (bicyclic) bond motifs is 1. The van der Waals surface area contributed by atoms with E-state index in [-0.39, 0.29) is 5.75 Å². The summed E-state index contributed by atoms with van der Waals surface area (Å²) in [5.41, 5.74) is 0.502. The van der Waals surface area contributed by atoms with Crippen molar-refractivity contribution < 1.29 is 18.3 Å². The lowest BCUT2D eigenvalue weighted by atomic mass is 10.1. The molecule has 2 rings (SSSR count). The van der Waals surface area contributed by atoms with E-state index in [1.165, 1.54) is 12.1 Å². The lowest BCUT2D eigenvalue weighted by Gasteiger charge is -2.05. The summed E-state index contributed by atoms with van der Waals surface area (Å²) in [6.07, 6.45) is 0.708. The van der Waals surface area contributed by atoms with Crippen molar-refractivity contribution in [2.24, 2.45) is 0 Å². The normalized spacial score (nSPS) is 10.7. The second-order valence-corrected chi connectivity index (χ2v) is 3.26. The minimum atomic E-state index is -2.84. The van der Waals surface area contributed by atoms with E-state index in [1.807, 2.05) is 0 Å². The van der Waals surface area contributed by atoms with Crippen LogP contribution in [0.5, 0.6) is 5.75 Å². The second-order valence-electron chi connectivity index (χ2n) is 3.26. The Morgan fingerprint density at radius 1 is 1.06 bits per heavy atom. The lowest BCUT2D eigenvalue weighted by molar-refractivity contribution is -0.0497. The van der Waals surface area contributed by atoms with E-state index in [4.69, 9.17) is 0 Å². The molecule has 0 atom stereocenters. The molecule has 0 aliphatic heterocycles. The van der Waals surface area contributed by atoms with Gasteiger partial charge in [-0.05, 0) is 29.0 Å². The summed E-state index contributed by atoms with van der Waals surface area (Å²) in [7, 11) is 0. The molecule has 0 radical (unpaired) electrons. The first-order chi connectivity index (χ1) is 7.69. The fourth-order valence-electron chi connectivity index (χ4n) is 1.49. The molecule has 2 aromatic rings. The molecule has 0 aliphatic rings. The number of carbonyl (C=O) groups is 1. The predicted octanol–water partition coefficient (Wildman–Crippen LogP) is 3.25. The van der Waals surface area contributed by atoms with Crippen molar-refractivity contribution >= 4 is 17.1 Å². The molecule has 0 N–H and O–H groups in total. The average Bonchev–Trinajstić information content (AvgIpc) is 2.27. The number of hydrogen-bond acceptors (Lipinski definition) is 2. The third-order valence-electron chi connectivity index (χ3n) is 2.20. The number of hydrogen-bond donors (Lipinski definition) is 0. The summed E-state index contributed by atoms with van der Waals surface area (Å²) < 4.78 is 28.2.